The van der Waals surface area contributed by atoms with E-state index in [4.69, 9.17) is 0 Å². The Morgan fingerprint density at radius 3 is 3.00 bits per heavy atom. The van der Waals surface area contributed by atoms with Crippen LogP contribution in [0.1, 0.15) is 31.7 Å². The minimum absolute atomic E-state index is 0. The Labute approximate surface area is 134 Å². The Balaban J connectivity index is 0.00000161. The highest BCUT2D eigenvalue weighted by Crippen LogP contribution is 2.29. The van der Waals surface area contributed by atoms with Gasteiger partial charge >= 0.3 is 0 Å². The minimum atomic E-state index is -0.409. The lowest BCUT2D eigenvalue weighted by Gasteiger charge is -2.25. The molecule has 1 aliphatic heterocycles. The summed E-state index contributed by atoms with van der Waals surface area (Å²) in [6, 6.07) is 6.14. The Morgan fingerprint density at radius 1 is 1.52 bits per heavy atom. The van der Waals surface area contributed by atoms with Crippen molar-refractivity contribution >= 4 is 45.0 Å². The maximum absolute atomic E-state index is 12.5. The molecule has 4 nitrogen and oxygen atoms in total. The highest BCUT2D eigenvalue weighted by molar-refractivity contribution is 7.22. The number of aryl methyl sites for hydroxylation is 1. The normalized spacial score (nSPS) is 21.2. The molecule has 1 atom stereocenters. The molecule has 1 saturated heterocycles. The number of thiazole rings is 1. The van der Waals surface area contributed by atoms with Gasteiger partial charge < -0.3 is 10.6 Å². The number of anilines is 1. The second-order valence-corrected chi connectivity index (χ2v) is 6.44. The van der Waals surface area contributed by atoms with E-state index in [-0.39, 0.29) is 18.3 Å². The molecule has 1 fully saturated rings. The first kappa shape index (κ1) is 16.2. The van der Waals surface area contributed by atoms with Gasteiger partial charge in [0, 0.05) is 0 Å². The largest absolute Gasteiger partial charge is 0.303 e. The Kier molecular flexibility index (Phi) is 4.86. The van der Waals surface area contributed by atoms with E-state index in [9.17, 15) is 4.79 Å². The molecule has 2 heterocycles. The number of carbonyl (C=O) groups is 1. The summed E-state index contributed by atoms with van der Waals surface area (Å²) in [5.74, 6) is 0.0493. The van der Waals surface area contributed by atoms with Crippen LogP contribution in [0.5, 0.6) is 0 Å². The summed E-state index contributed by atoms with van der Waals surface area (Å²) in [5, 5.41) is 7.03. The lowest BCUT2D eigenvalue weighted by atomic mass is 9.93. The van der Waals surface area contributed by atoms with Crippen LogP contribution in [-0.4, -0.2) is 23.0 Å². The molecule has 0 saturated carbocycles. The molecule has 0 bridgehead atoms. The Bertz CT molecular complexity index is 649. The third kappa shape index (κ3) is 3.05. The van der Waals surface area contributed by atoms with Crippen LogP contribution in [0.3, 0.4) is 0 Å². The highest BCUT2D eigenvalue weighted by Gasteiger charge is 2.39. The van der Waals surface area contributed by atoms with Crippen LogP contribution in [0.15, 0.2) is 18.2 Å². The van der Waals surface area contributed by atoms with Crippen molar-refractivity contribution in [2.24, 2.45) is 0 Å². The first-order chi connectivity index (χ1) is 9.63. The van der Waals surface area contributed by atoms with Crippen molar-refractivity contribution in [2.45, 2.75) is 38.6 Å². The number of hydrogen-bond donors (Lipinski definition) is 2. The number of nitrogens with one attached hydrogen (secondary N) is 2. The molecule has 2 aromatic rings. The third-order valence-corrected chi connectivity index (χ3v) is 4.98. The van der Waals surface area contributed by atoms with Gasteiger partial charge in [0.25, 0.3) is 0 Å². The molecule has 0 radical (unpaired) electrons. The van der Waals surface area contributed by atoms with Crippen LogP contribution < -0.4 is 10.6 Å². The van der Waals surface area contributed by atoms with Gasteiger partial charge in [0.15, 0.2) is 5.13 Å². The fourth-order valence-corrected chi connectivity index (χ4v) is 3.72. The van der Waals surface area contributed by atoms with Crippen LogP contribution in [0.2, 0.25) is 0 Å². The molecule has 21 heavy (non-hydrogen) atoms. The van der Waals surface area contributed by atoms with Gasteiger partial charge in [-0.1, -0.05) is 24.3 Å². The lowest BCUT2D eigenvalue weighted by Crippen LogP contribution is -2.50. The van der Waals surface area contributed by atoms with Gasteiger partial charge in [0.1, 0.15) is 0 Å². The first-order valence-electron chi connectivity index (χ1n) is 7.07. The second kappa shape index (κ2) is 6.30. The average molecular weight is 326 g/mol. The summed E-state index contributed by atoms with van der Waals surface area (Å²) in [7, 11) is 0. The van der Waals surface area contributed by atoms with Gasteiger partial charge in [-0.3, -0.25) is 4.79 Å². The smallest absolute Gasteiger partial charge is 0.246 e. The number of hydrogen-bond acceptors (Lipinski definition) is 4. The molecule has 114 valence electrons. The summed E-state index contributed by atoms with van der Waals surface area (Å²) in [6.45, 7) is 5.03. The Hall–Kier alpha value is -1.17. The molecule has 6 heteroatoms. The fraction of sp³-hybridized carbons (Fsp3) is 0.467. The van der Waals surface area contributed by atoms with E-state index in [1.165, 1.54) is 16.9 Å². The summed E-state index contributed by atoms with van der Waals surface area (Å²) in [6.07, 6.45) is 2.77. The number of nitrogens with zero attached hydrogens (tertiary/aromatic N) is 1. The van der Waals surface area contributed by atoms with Crippen LogP contribution in [0, 0.1) is 6.92 Å². The zero-order chi connectivity index (χ0) is 14.2. The summed E-state index contributed by atoms with van der Waals surface area (Å²) in [4.78, 5) is 17.0. The standard InChI is InChI=1S/C15H19N3OS.ClH/c1-3-15(7-4-8-16-15)13(19)18-14-17-11-6-5-10(2)9-12(11)20-14;/h5-6,9,16H,3-4,7-8H2,1-2H3,(H,17,18,19);1H. The number of fused-ring (bicyclic) bond motifs is 1. The van der Waals surface area contributed by atoms with Gasteiger partial charge in [-0.25, -0.2) is 4.98 Å². The van der Waals surface area contributed by atoms with Gasteiger partial charge in [0.05, 0.1) is 15.8 Å². The van der Waals surface area contributed by atoms with E-state index in [1.54, 1.807) is 0 Å². The maximum Gasteiger partial charge on any atom is 0.246 e. The van der Waals surface area contributed by atoms with E-state index >= 15 is 0 Å². The van der Waals surface area contributed by atoms with E-state index in [0.29, 0.717) is 5.13 Å². The number of rotatable bonds is 3. The van der Waals surface area contributed by atoms with Crippen LogP contribution in [0.4, 0.5) is 5.13 Å². The molecule has 1 aromatic carbocycles. The topological polar surface area (TPSA) is 54.0 Å². The van der Waals surface area contributed by atoms with Crippen LogP contribution in [-0.2, 0) is 4.79 Å². The van der Waals surface area contributed by atoms with Crippen molar-refractivity contribution < 1.29 is 4.79 Å². The third-order valence-electron chi connectivity index (χ3n) is 4.05. The van der Waals surface area contributed by atoms with E-state index in [1.807, 2.05) is 12.1 Å². The molecular weight excluding hydrogens is 306 g/mol. The number of benzene rings is 1. The van der Waals surface area contributed by atoms with Gasteiger partial charge in [-0.2, -0.15) is 0 Å². The van der Waals surface area contributed by atoms with Crippen molar-refractivity contribution in [3.05, 3.63) is 23.8 Å². The SMILES string of the molecule is CCC1(C(=O)Nc2nc3ccc(C)cc3s2)CCCN1.Cl. The first-order valence-corrected chi connectivity index (χ1v) is 7.88. The highest BCUT2D eigenvalue weighted by atomic mass is 35.5. The van der Waals surface area contributed by atoms with Crippen LogP contribution in [0.25, 0.3) is 10.2 Å². The number of halogens is 1. The van der Waals surface area contributed by atoms with Crippen molar-refractivity contribution in [3.63, 3.8) is 0 Å². The summed E-state index contributed by atoms with van der Waals surface area (Å²) in [5.41, 5.74) is 1.75. The average Bonchev–Trinajstić information content (AvgIpc) is 3.04. The number of aromatic nitrogens is 1. The van der Waals surface area contributed by atoms with E-state index in [2.05, 4.69) is 35.5 Å². The molecule has 3 rings (SSSR count). The van der Waals surface area contributed by atoms with Gasteiger partial charge in [-0.15, -0.1) is 12.4 Å². The van der Waals surface area contributed by atoms with Crippen molar-refractivity contribution in [1.82, 2.24) is 10.3 Å². The molecule has 2 N–H and O–H groups in total. The Morgan fingerprint density at radius 2 is 2.33 bits per heavy atom. The molecule has 1 unspecified atom stereocenters. The second-order valence-electron chi connectivity index (χ2n) is 5.41. The number of amides is 1. The summed E-state index contributed by atoms with van der Waals surface area (Å²) < 4.78 is 1.12. The predicted octanol–water partition coefficient (Wildman–Crippen LogP) is 3.50. The van der Waals surface area contributed by atoms with Crippen LogP contribution >= 0.6 is 23.7 Å². The fourth-order valence-electron chi connectivity index (χ4n) is 2.76. The minimum Gasteiger partial charge on any atom is -0.303 e. The van der Waals surface area contributed by atoms with Crippen molar-refractivity contribution in [1.29, 1.82) is 0 Å². The summed E-state index contributed by atoms with van der Waals surface area (Å²) >= 11 is 1.54. The van der Waals surface area contributed by atoms with Crippen molar-refractivity contribution in [3.8, 4) is 0 Å². The van der Waals surface area contributed by atoms with E-state index in [0.717, 1.165) is 36.0 Å². The molecular formula is C15H20ClN3OS. The molecule has 1 amide bonds. The molecule has 1 aromatic heterocycles. The quantitative estimate of drug-likeness (QED) is 0.908. The zero-order valence-electron chi connectivity index (χ0n) is 12.2. The molecule has 0 aliphatic carbocycles. The predicted molar refractivity (Wildman–Crippen MR) is 90.5 cm³/mol. The van der Waals surface area contributed by atoms with Crippen molar-refractivity contribution in [2.75, 3.05) is 11.9 Å². The molecule has 1 aliphatic rings. The zero-order valence-corrected chi connectivity index (χ0v) is 13.9. The van der Waals surface area contributed by atoms with Gasteiger partial charge in [0.2, 0.25) is 5.91 Å². The van der Waals surface area contributed by atoms with Gasteiger partial charge in [-0.05, 0) is 50.4 Å². The lowest BCUT2D eigenvalue weighted by molar-refractivity contribution is -0.122. The number of carbonyl (C=O) groups excluding carboxylic acids is 1. The monoisotopic (exact) mass is 325 g/mol. The molecule has 0 spiro atoms. The van der Waals surface area contributed by atoms with E-state index < -0.39 is 5.54 Å². The maximum atomic E-state index is 12.5.